The van der Waals surface area contributed by atoms with Gasteiger partial charge in [-0.2, -0.15) is 13.2 Å². The van der Waals surface area contributed by atoms with Crippen molar-refractivity contribution in [3.63, 3.8) is 0 Å². The van der Waals surface area contributed by atoms with Gasteiger partial charge < -0.3 is 10.1 Å². The molecule has 0 aliphatic heterocycles. The first-order valence-electron chi connectivity index (χ1n) is 10.5. The van der Waals surface area contributed by atoms with Crippen LogP contribution in [-0.4, -0.2) is 7.11 Å². The molecule has 0 aromatic heterocycles. The lowest BCUT2D eigenvalue weighted by Crippen LogP contribution is -2.18. The van der Waals surface area contributed by atoms with Gasteiger partial charge in [0.05, 0.1) is 12.7 Å². The summed E-state index contributed by atoms with van der Waals surface area (Å²) in [5, 5.41) is 5.24. The maximum absolute atomic E-state index is 13.7. The summed E-state index contributed by atoms with van der Waals surface area (Å²) in [5.74, 6) is -0.243. The van der Waals surface area contributed by atoms with Gasteiger partial charge in [-0.15, -0.1) is 0 Å². The number of hydrogen-bond donors (Lipinski definition) is 1. The Hall–Kier alpha value is -3.38. The number of hydrogen-bond acceptors (Lipinski definition) is 2. The van der Waals surface area contributed by atoms with E-state index in [0.717, 1.165) is 33.5 Å². The fourth-order valence-electron chi connectivity index (χ4n) is 3.91. The van der Waals surface area contributed by atoms with Crippen molar-refractivity contribution in [1.29, 1.82) is 0 Å². The highest BCUT2D eigenvalue weighted by Gasteiger charge is 2.30. The van der Waals surface area contributed by atoms with Crippen LogP contribution in [-0.2, 0) is 12.7 Å². The Bertz CT molecular complexity index is 1280. The lowest BCUT2D eigenvalue weighted by atomic mass is 9.94. The Morgan fingerprint density at radius 1 is 0.909 bits per heavy atom. The molecule has 0 amide bonds. The van der Waals surface area contributed by atoms with Crippen LogP contribution in [0.4, 0.5) is 17.6 Å². The first kappa shape index (κ1) is 22.8. The summed E-state index contributed by atoms with van der Waals surface area (Å²) in [5.41, 5.74) is 2.38. The van der Waals surface area contributed by atoms with Gasteiger partial charge >= 0.3 is 6.18 Å². The monoisotopic (exact) mass is 453 g/mol. The molecule has 0 saturated heterocycles. The summed E-state index contributed by atoms with van der Waals surface area (Å²) >= 11 is 0. The van der Waals surface area contributed by atoms with E-state index in [4.69, 9.17) is 4.74 Å². The largest absolute Gasteiger partial charge is 0.494 e. The molecule has 0 saturated carbocycles. The Labute approximate surface area is 189 Å². The van der Waals surface area contributed by atoms with Crippen molar-refractivity contribution in [3.05, 3.63) is 101 Å². The van der Waals surface area contributed by atoms with Gasteiger partial charge in [0.25, 0.3) is 0 Å². The molecule has 0 bridgehead atoms. The highest BCUT2D eigenvalue weighted by molar-refractivity contribution is 5.97. The third kappa shape index (κ3) is 5.01. The maximum Gasteiger partial charge on any atom is 0.416 e. The van der Waals surface area contributed by atoms with E-state index >= 15 is 0 Å². The molecule has 6 heteroatoms. The molecule has 4 aromatic rings. The Kier molecular flexibility index (Phi) is 6.38. The minimum atomic E-state index is -4.41. The van der Waals surface area contributed by atoms with Gasteiger partial charge in [0.15, 0.2) is 11.6 Å². The molecule has 1 N–H and O–H groups in total. The molecule has 0 aliphatic carbocycles. The van der Waals surface area contributed by atoms with E-state index in [1.165, 1.54) is 25.3 Å². The normalized spacial score (nSPS) is 12.7. The second kappa shape index (κ2) is 9.24. The number of alkyl halides is 3. The smallest absolute Gasteiger partial charge is 0.416 e. The zero-order chi connectivity index (χ0) is 23.6. The number of benzene rings is 4. The predicted octanol–water partition coefficient (Wildman–Crippen LogP) is 7.52. The average Bonchev–Trinajstić information content (AvgIpc) is 2.81. The highest BCUT2D eigenvalue weighted by Crippen LogP contribution is 2.35. The van der Waals surface area contributed by atoms with Gasteiger partial charge in [-0.1, -0.05) is 42.5 Å². The van der Waals surface area contributed by atoms with Crippen molar-refractivity contribution in [3.8, 4) is 16.9 Å². The summed E-state index contributed by atoms with van der Waals surface area (Å²) < 4.78 is 58.6. The SMILES string of the molecule is COc1cc([C@@H](C)NCc2cc(-c3cccc(C(F)(F)F)c3)c3ccccc3c2)ccc1F. The van der Waals surface area contributed by atoms with Crippen molar-refractivity contribution < 1.29 is 22.3 Å². The van der Waals surface area contributed by atoms with E-state index in [0.29, 0.717) is 12.1 Å². The molecule has 0 radical (unpaired) electrons. The second-order valence-electron chi connectivity index (χ2n) is 7.94. The summed E-state index contributed by atoms with van der Waals surface area (Å²) in [6, 6.07) is 21.6. The topological polar surface area (TPSA) is 21.3 Å². The van der Waals surface area contributed by atoms with Crippen molar-refractivity contribution >= 4 is 10.8 Å². The Morgan fingerprint density at radius 3 is 2.45 bits per heavy atom. The van der Waals surface area contributed by atoms with E-state index in [1.807, 2.05) is 43.3 Å². The van der Waals surface area contributed by atoms with E-state index in [9.17, 15) is 17.6 Å². The van der Waals surface area contributed by atoms with Crippen LogP contribution < -0.4 is 10.1 Å². The minimum absolute atomic E-state index is 0.0945. The van der Waals surface area contributed by atoms with Crippen LogP contribution in [0, 0.1) is 5.82 Å². The molecular formula is C27H23F4NO. The van der Waals surface area contributed by atoms with Gasteiger partial charge in [0.1, 0.15) is 0 Å². The molecular weight excluding hydrogens is 430 g/mol. The highest BCUT2D eigenvalue weighted by atomic mass is 19.4. The summed E-state index contributed by atoms with van der Waals surface area (Å²) in [6.07, 6.45) is -4.41. The van der Waals surface area contributed by atoms with E-state index < -0.39 is 17.6 Å². The van der Waals surface area contributed by atoms with Crippen LogP contribution in [0.25, 0.3) is 21.9 Å². The van der Waals surface area contributed by atoms with Crippen molar-refractivity contribution in [1.82, 2.24) is 5.32 Å². The third-order valence-corrected chi connectivity index (χ3v) is 5.71. The summed E-state index contributed by atoms with van der Waals surface area (Å²) in [6.45, 7) is 2.44. The van der Waals surface area contributed by atoms with Crippen molar-refractivity contribution in [2.24, 2.45) is 0 Å². The second-order valence-corrected chi connectivity index (χ2v) is 7.94. The van der Waals surface area contributed by atoms with Crippen molar-refractivity contribution in [2.75, 3.05) is 7.11 Å². The number of rotatable bonds is 6. The summed E-state index contributed by atoms with van der Waals surface area (Å²) in [4.78, 5) is 0. The van der Waals surface area contributed by atoms with Crippen LogP contribution in [0.3, 0.4) is 0 Å². The molecule has 0 spiro atoms. The zero-order valence-electron chi connectivity index (χ0n) is 18.2. The molecule has 4 rings (SSSR count). The predicted molar refractivity (Wildman–Crippen MR) is 123 cm³/mol. The summed E-state index contributed by atoms with van der Waals surface area (Å²) in [7, 11) is 1.42. The van der Waals surface area contributed by atoms with E-state index in [2.05, 4.69) is 5.32 Å². The molecule has 0 aliphatic rings. The van der Waals surface area contributed by atoms with Crippen molar-refractivity contribution in [2.45, 2.75) is 25.7 Å². The molecule has 0 unspecified atom stereocenters. The zero-order valence-corrected chi connectivity index (χ0v) is 18.2. The molecule has 4 aromatic carbocycles. The van der Waals surface area contributed by atoms with Crippen LogP contribution in [0.15, 0.2) is 78.9 Å². The number of ether oxygens (including phenoxy) is 1. The first-order chi connectivity index (χ1) is 15.8. The van der Waals surface area contributed by atoms with Crippen LogP contribution in [0.5, 0.6) is 5.75 Å². The minimum Gasteiger partial charge on any atom is -0.494 e. The van der Waals surface area contributed by atoms with Gasteiger partial charge in [-0.05, 0) is 76.3 Å². The Morgan fingerprint density at radius 2 is 1.70 bits per heavy atom. The number of fused-ring (bicyclic) bond motifs is 1. The molecule has 33 heavy (non-hydrogen) atoms. The van der Waals surface area contributed by atoms with Crippen LogP contribution in [0.1, 0.15) is 29.7 Å². The van der Waals surface area contributed by atoms with Gasteiger partial charge in [0.2, 0.25) is 0 Å². The van der Waals surface area contributed by atoms with Gasteiger partial charge in [-0.25, -0.2) is 4.39 Å². The quantitative estimate of drug-likeness (QED) is 0.305. The number of methoxy groups -OCH3 is 1. The van der Waals surface area contributed by atoms with Gasteiger partial charge in [0, 0.05) is 12.6 Å². The van der Waals surface area contributed by atoms with Crippen LogP contribution >= 0.6 is 0 Å². The number of halogens is 4. The molecule has 0 heterocycles. The lowest BCUT2D eigenvalue weighted by Gasteiger charge is -2.17. The molecule has 1 atom stereocenters. The molecule has 170 valence electrons. The molecule has 0 fully saturated rings. The fraction of sp³-hybridized carbons (Fsp3) is 0.185. The fourth-order valence-corrected chi connectivity index (χ4v) is 3.91. The Balaban J connectivity index is 1.66. The lowest BCUT2D eigenvalue weighted by molar-refractivity contribution is -0.137. The van der Waals surface area contributed by atoms with E-state index in [-0.39, 0.29) is 11.8 Å². The molecule has 2 nitrogen and oxygen atoms in total. The number of nitrogens with one attached hydrogen (secondary N) is 1. The third-order valence-electron chi connectivity index (χ3n) is 5.71. The first-order valence-corrected chi connectivity index (χ1v) is 10.5. The standard InChI is InChI=1S/C27H23F4NO/c1-17(19-10-11-25(28)26(15-19)33-2)32-16-18-12-20-6-3-4-9-23(20)24(13-18)21-7-5-8-22(14-21)27(29,30)31/h3-15,17,32H,16H2,1-2H3/t17-/m1/s1. The van der Waals surface area contributed by atoms with E-state index in [1.54, 1.807) is 18.2 Å². The maximum atomic E-state index is 13.7. The average molecular weight is 453 g/mol. The van der Waals surface area contributed by atoms with Crippen LogP contribution in [0.2, 0.25) is 0 Å². The van der Waals surface area contributed by atoms with Gasteiger partial charge in [-0.3, -0.25) is 0 Å².